The number of hydrogen-bond acceptors (Lipinski definition) is 8. The molecule has 2 aliphatic rings. The fraction of sp³-hybridized carbons (Fsp3) is 0.353. The van der Waals surface area contributed by atoms with Gasteiger partial charge in [0.25, 0.3) is 11.8 Å². The molecule has 1 aliphatic carbocycles. The summed E-state index contributed by atoms with van der Waals surface area (Å²) in [6, 6.07) is 6.76. The highest BCUT2D eigenvalue weighted by atomic mass is 35.5. The first-order chi connectivity index (χ1) is 23.3. The Kier molecular flexibility index (Phi) is 11.5. The summed E-state index contributed by atoms with van der Waals surface area (Å²) in [5.41, 5.74) is 5.67. The Morgan fingerprint density at radius 2 is 1.90 bits per heavy atom. The van der Waals surface area contributed by atoms with Crippen molar-refractivity contribution in [3.63, 3.8) is 0 Å². The molecule has 1 unspecified atom stereocenters. The molecular weight excluding hydrogens is 665 g/mol. The molecule has 0 aromatic heterocycles. The second-order valence-electron chi connectivity index (χ2n) is 11.6. The van der Waals surface area contributed by atoms with Gasteiger partial charge in [0.1, 0.15) is 17.9 Å². The molecule has 49 heavy (non-hydrogen) atoms. The monoisotopic (exact) mass is 698 g/mol. The Labute approximate surface area is 285 Å². The quantitative estimate of drug-likeness (QED) is 0.173. The van der Waals surface area contributed by atoms with Crippen LogP contribution in [0.15, 0.2) is 53.2 Å². The summed E-state index contributed by atoms with van der Waals surface area (Å²) in [7, 11) is 1.38. The number of hydrogen-bond donors (Lipinski definition) is 3. The third-order valence-corrected chi connectivity index (χ3v) is 8.54. The number of carbonyl (C=O) groups excluding carboxylic acids is 5. The summed E-state index contributed by atoms with van der Waals surface area (Å²) in [6.07, 6.45) is -0.168. The molecule has 4 rings (SSSR count). The number of aliphatic imine (C=N–C) groups is 1. The summed E-state index contributed by atoms with van der Waals surface area (Å²) in [6.45, 7) is 2.76. The van der Waals surface area contributed by atoms with Crippen molar-refractivity contribution in [2.24, 2.45) is 16.6 Å². The van der Waals surface area contributed by atoms with Gasteiger partial charge in [-0.15, -0.1) is 0 Å². The number of anilines is 2. The standard InChI is InChI=1S/C34H34ClF3N6O5/c1-21-5-9-25(15-26(21)31(48)44(20-46)29(4-3-13-45)30(47)40-2)43-18-23(19-43)7-6-22(16-39)17-41-33(11-12-33)32(49)42-28-10-8-24(14-27(28)35)34(36,37)38/h5,8-10,13-17,20,23,29H,3-4,11-12,18-19,39H2,1-2H3,(H,40,47)(H,42,49). The second-order valence-corrected chi connectivity index (χ2v) is 12.0. The van der Waals surface area contributed by atoms with Crippen molar-refractivity contribution in [1.29, 1.82) is 0 Å². The number of rotatable bonds is 12. The number of amides is 4. The van der Waals surface area contributed by atoms with Gasteiger partial charge in [0.2, 0.25) is 12.3 Å². The second kappa shape index (κ2) is 15.4. The Balaban J connectivity index is 1.38. The van der Waals surface area contributed by atoms with Gasteiger partial charge in [-0.3, -0.25) is 29.1 Å². The van der Waals surface area contributed by atoms with Crippen molar-refractivity contribution >= 4 is 59.6 Å². The van der Waals surface area contributed by atoms with E-state index in [-0.39, 0.29) is 35.0 Å². The normalized spacial score (nSPS) is 16.1. The number of alkyl halides is 3. The largest absolute Gasteiger partial charge is 0.416 e. The third-order valence-electron chi connectivity index (χ3n) is 8.23. The minimum Gasteiger partial charge on any atom is -0.404 e. The number of aryl methyl sites for hydroxylation is 1. The predicted octanol–water partition coefficient (Wildman–Crippen LogP) is 3.88. The molecule has 0 radical (unpaired) electrons. The van der Waals surface area contributed by atoms with E-state index < -0.39 is 41.0 Å². The van der Waals surface area contributed by atoms with Crippen molar-refractivity contribution in [3.05, 3.63) is 69.9 Å². The zero-order chi connectivity index (χ0) is 35.9. The fourth-order valence-corrected chi connectivity index (χ4v) is 5.30. The zero-order valence-corrected chi connectivity index (χ0v) is 27.4. The van der Waals surface area contributed by atoms with Crippen LogP contribution in [0.5, 0.6) is 0 Å². The Hall–Kier alpha value is -5.16. The number of nitrogens with zero attached hydrogens (tertiary/aromatic N) is 3. The van der Waals surface area contributed by atoms with E-state index in [1.165, 1.54) is 19.5 Å². The van der Waals surface area contributed by atoms with E-state index >= 15 is 0 Å². The zero-order valence-electron chi connectivity index (χ0n) is 26.6. The molecule has 1 saturated carbocycles. The van der Waals surface area contributed by atoms with Crippen LogP contribution in [-0.2, 0) is 25.4 Å². The molecule has 11 nitrogen and oxygen atoms in total. The van der Waals surface area contributed by atoms with E-state index in [4.69, 9.17) is 17.3 Å². The predicted molar refractivity (Wildman–Crippen MR) is 178 cm³/mol. The van der Waals surface area contributed by atoms with E-state index in [0.29, 0.717) is 55.5 Å². The smallest absolute Gasteiger partial charge is 0.404 e. The van der Waals surface area contributed by atoms with Crippen LogP contribution in [0.4, 0.5) is 24.5 Å². The van der Waals surface area contributed by atoms with Crippen LogP contribution in [0.3, 0.4) is 0 Å². The molecule has 2 aromatic carbocycles. The summed E-state index contributed by atoms with van der Waals surface area (Å²) in [4.78, 5) is 68.7. The van der Waals surface area contributed by atoms with Gasteiger partial charge in [-0.1, -0.05) is 29.5 Å². The molecule has 2 fully saturated rings. The topological polar surface area (TPSA) is 154 Å². The van der Waals surface area contributed by atoms with Crippen molar-refractivity contribution in [1.82, 2.24) is 10.2 Å². The van der Waals surface area contributed by atoms with Crippen molar-refractivity contribution in [2.45, 2.75) is 50.4 Å². The van der Waals surface area contributed by atoms with Gasteiger partial charge in [0.15, 0.2) is 0 Å². The average molecular weight is 699 g/mol. The first-order valence-corrected chi connectivity index (χ1v) is 15.6. The molecule has 4 N–H and O–H groups in total. The van der Waals surface area contributed by atoms with Gasteiger partial charge in [0, 0.05) is 50.2 Å². The van der Waals surface area contributed by atoms with E-state index in [0.717, 1.165) is 23.1 Å². The van der Waals surface area contributed by atoms with Crippen molar-refractivity contribution in [2.75, 3.05) is 30.4 Å². The van der Waals surface area contributed by atoms with Gasteiger partial charge in [-0.05, 0) is 62.1 Å². The van der Waals surface area contributed by atoms with Crippen molar-refractivity contribution < 1.29 is 37.1 Å². The number of aldehydes is 1. The first kappa shape index (κ1) is 36.7. The Morgan fingerprint density at radius 3 is 2.47 bits per heavy atom. The molecule has 4 amide bonds. The van der Waals surface area contributed by atoms with E-state index in [1.54, 1.807) is 19.1 Å². The summed E-state index contributed by atoms with van der Waals surface area (Å²) in [5.74, 6) is 4.28. The van der Waals surface area contributed by atoms with Gasteiger partial charge in [0.05, 0.1) is 27.8 Å². The lowest BCUT2D eigenvalue weighted by atomic mass is 9.97. The lowest BCUT2D eigenvalue weighted by Crippen LogP contribution is -2.48. The van der Waals surface area contributed by atoms with Crippen LogP contribution in [0.2, 0.25) is 5.02 Å². The number of nitrogens with one attached hydrogen (secondary N) is 2. The first-order valence-electron chi connectivity index (χ1n) is 15.2. The SMILES string of the molecule is CNC(=O)C(CCC=O)N(C=O)C(=O)c1cc(N2CC(C#CC(C=NC3(C(=O)Nc4ccc(C(F)(F)F)cc4Cl)CC3)=CN)C2)ccc1C. The van der Waals surface area contributed by atoms with Crippen LogP contribution >= 0.6 is 11.6 Å². The van der Waals surface area contributed by atoms with Crippen molar-refractivity contribution in [3.8, 4) is 11.8 Å². The minimum absolute atomic E-state index is 0.00471. The maximum absolute atomic E-state index is 13.4. The van der Waals surface area contributed by atoms with Gasteiger partial charge >= 0.3 is 6.18 Å². The average Bonchev–Trinajstić information content (AvgIpc) is 3.85. The number of likely N-dealkylation sites (N-methyl/N-ethyl adjacent to an activating group) is 1. The highest BCUT2D eigenvalue weighted by Crippen LogP contribution is 2.42. The van der Waals surface area contributed by atoms with E-state index in [2.05, 4.69) is 27.5 Å². The number of imide groups is 1. The molecule has 1 saturated heterocycles. The van der Waals surface area contributed by atoms with Crippen LogP contribution < -0.4 is 21.3 Å². The fourth-order valence-electron chi connectivity index (χ4n) is 5.07. The lowest BCUT2D eigenvalue weighted by Gasteiger charge is -2.38. The third kappa shape index (κ3) is 8.66. The summed E-state index contributed by atoms with van der Waals surface area (Å²) in [5, 5.41) is 4.73. The van der Waals surface area contributed by atoms with Crippen LogP contribution in [0, 0.1) is 24.7 Å². The number of carbonyl (C=O) groups is 5. The molecule has 1 heterocycles. The maximum Gasteiger partial charge on any atom is 0.416 e. The number of halogens is 4. The Morgan fingerprint density at radius 1 is 1.18 bits per heavy atom. The van der Waals surface area contributed by atoms with Gasteiger partial charge in [-0.2, -0.15) is 13.2 Å². The molecule has 15 heteroatoms. The summed E-state index contributed by atoms with van der Waals surface area (Å²) < 4.78 is 38.8. The Bertz CT molecular complexity index is 1760. The molecule has 1 aliphatic heterocycles. The highest BCUT2D eigenvalue weighted by molar-refractivity contribution is 6.34. The highest BCUT2D eigenvalue weighted by Gasteiger charge is 2.50. The number of allylic oxidation sites excluding steroid dienone is 1. The molecular formula is C34H34ClF3N6O5. The van der Waals surface area contributed by atoms with Crippen LogP contribution in [0.1, 0.15) is 47.2 Å². The van der Waals surface area contributed by atoms with Gasteiger partial charge in [-0.25, -0.2) is 0 Å². The minimum atomic E-state index is -4.57. The maximum atomic E-state index is 13.4. The van der Waals surface area contributed by atoms with Crippen LogP contribution in [0.25, 0.3) is 0 Å². The lowest BCUT2D eigenvalue weighted by molar-refractivity contribution is -0.137. The molecule has 2 aromatic rings. The van der Waals surface area contributed by atoms with Gasteiger partial charge < -0.3 is 26.1 Å². The van der Waals surface area contributed by atoms with E-state index in [9.17, 15) is 37.1 Å². The molecule has 1 atom stereocenters. The number of nitrogens with two attached hydrogens (primary N) is 1. The molecule has 258 valence electrons. The number of benzene rings is 2. The summed E-state index contributed by atoms with van der Waals surface area (Å²) >= 11 is 5.98. The molecule has 0 bridgehead atoms. The van der Waals surface area contributed by atoms with Crippen LogP contribution in [-0.4, -0.2) is 73.3 Å². The van der Waals surface area contributed by atoms with E-state index in [1.807, 2.05) is 11.0 Å². The molecule has 0 spiro atoms.